The molecule has 0 unspecified atom stereocenters. The molecule has 0 amide bonds. The summed E-state index contributed by atoms with van der Waals surface area (Å²) >= 11 is 0. The van der Waals surface area contributed by atoms with Gasteiger partial charge in [-0.15, -0.1) is 0 Å². The fraction of sp³-hybridized carbons (Fsp3) is 1.00. The Morgan fingerprint density at radius 1 is 1.15 bits per heavy atom. The first kappa shape index (κ1) is 12.9. The van der Waals surface area contributed by atoms with Gasteiger partial charge in [0, 0.05) is 19.8 Å². The first-order valence-electron chi connectivity index (χ1n) is 5.53. The monoisotopic (exact) mass is 188 g/mol. The lowest BCUT2D eigenvalue weighted by Crippen LogP contribution is -2.10. The van der Waals surface area contributed by atoms with Crippen LogP contribution in [0.15, 0.2) is 0 Å². The van der Waals surface area contributed by atoms with Gasteiger partial charge >= 0.3 is 0 Å². The largest absolute Gasteiger partial charge is 0.396 e. The summed E-state index contributed by atoms with van der Waals surface area (Å²) < 4.78 is 5.48. The van der Waals surface area contributed by atoms with E-state index in [9.17, 15) is 0 Å². The van der Waals surface area contributed by atoms with Crippen molar-refractivity contribution in [3.8, 4) is 0 Å². The minimum absolute atomic E-state index is 0.242. The molecule has 2 heteroatoms. The summed E-state index contributed by atoms with van der Waals surface area (Å²) in [5.41, 5.74) is 0. The summed E-state index contributed by atoms with van der Waals surface area (Å²) in [5, 5.41) is 8.56. The van der Waals surface area contributed by atoms with Crippen LogP contribution in [0.25, 0.3) is 0 Å². The van der Waals surface area contributed by atoms with Crippen LogP contribution in [0.4, 0.5) is 0 Å². The lowest BCUT2D eigenvalue weighted by Gasteiger charge is -2.14. The second-order valence-electron chi connectivity index (χ2n) is 3.60. The van der Waals surface area contributed by atoms with Crippen molar-refractivity contribution in [3.05, 3.63) is 0 Å². The quantitative estimate of drug-likeness (QED) is 0.564. The van der Waals surface area contributed by atoms with Crippen LogP contribution in [0.2, 0.25) is 0 Å². The van der Waals surface area contributed by atoms with Crippen molar-refractivity contribution >= 4 is 0 Å². The lowest BCUT2D eigenvalue weighted by molar-refractivity contribution is 0.0808. The molecule has 0 radical (unpaired) electrons. The van der Waals surface area contributed by atoms with Gasteiger partial charge in [-0.1, -0.05) is 26.7 Å². The molecule has 0 aromatic heterocycles. The standard InChI is InChI=1S/C11H24O2/c1-3-6-11(7-4-2)10-13-9-5-8-12/h11-12H,3-10H2,1-2H3. The van der Waals surface area contributed by atoms with Gasteiger partial charge in [-0.3, -0.25) is 0 Å². The predicted molar refractivity (Wildman–Crippen MR) is 55.8 cm³/mol. The number of rotatable bonds is 9. The SMILES string of the molecule is CCCC(CCC)COCCCO. The molecular weight excluding hydrogens is 164 g/mol. The molecule has 13 heavy (non-hydrogen) atoms. The Bertz CT molecular complexity index is 88.1. The second kappa shape index (κ2) is 10.0. The summed E-state index contributed by atoms with van der Waals surface area (Å²) in [6, 6.07) is 0. The maximum absolute atomic E-state index is 8.56. The number of aliphatic hydroxyl groups excluding tert-OH is 1. The van der Waals surface area contributed by atoms with Crippen LogP contribution < -0.4 is 0 Å². The van der Waals surface area contributed by atoms with Gasteiger partial charge in [0.15, 0.2) is 0 Å². The van der Waals surface area contributed by atoms with Crippen molar-refractivity contribution < 1.29 is 9.84 Å². The molecule has 1 N–H and O–H groups in total. The summed E-state index contributed by atoms with van der Waals surface area (Å²) in [6.07, 6.45) is 5.80. The molecular formula is C11H24O2. The predicted octanol–water partition coefficient (Wildman–Crippen LogP) is 2.60. The average molecular weight is 188 g/mol. The summed E-state index contributed by atoms with van der Waals surface area (Å²) in [4.78, 5) is 0. The van der Waals surface area contributed by atoms with Crippen molar-refractivity contribution in [1.29, 1.82) is 0 Å². The van der Waals surface area contributed by atoms with E-state index in [-0.39, 0.29) is 6.61 Å². The van der Waals surface area contributed by atoms with Crippen LogP contribution in [-0.2, 0) is 4.74 Å². The van der Waals surface area contributed by atoms with E-state index in [1.54, 1.807) is 0 Å². The molecule has 0 fully saturated rings. The van der Waals surface area contributed by atoms with Crippen molar-refractivity contribution in [2.24, 2.45) is 5.92 Å². The molecule has 0 aromatic carbocycles. The Balaban J connectivity index is 3.33. The van der Waals surface area contributed by atoms with E-state index in [1.807, 2.05) is 0 Å². The zero-order valence-electron chi connectivity index (χ0n) is 9.09. The molecule has 0 aliphatic heterocycles. The zero-order chi connectivity index (χ0) is 9.94. The molecule has 0 spiro atoms. The first-order valence-corrected chi connectivity index (χ1v) is 5.53. The Hall–Kier alpha value is -0.0800. The van der Waals surface area contributed by atoms with Gasteiger partial charge in [0.25, 0.3) is 0 Å². The van der Waals surface area contributed by atoms with Crippen LogP contribution in [0.3, 0.4) is 0 Å². The third kappa shape index (κ3) is 8.26. The van der Waals surface area contributed by atoms with E-state index in [1.165, 1.54) is 25.7 Å². The highest BCUT2D eigenvalue weighted by Crippen LogP contribution is 2.13. The van der Waals surface area contributed by atoms with Gasteiger partial charge in [-0.2, -0.15) is 0 Å². The molecule has 0 saturated carbocycles. The topological polar surface area (TPSA) is 29.5 Å². The van der Waals surface area contributed by atoms with Crippen molar-refractivity contribution in [2.75, 3.05) is 19.8 Å². The van der Waals surface area contributed by atoms with Crippen LogP contribution >= 0.6 is 0 Å². The smallest absolute Gasteiger partial charge is 0.0494 e. The maximum atomic E-state index is 8.56. The highest BCUT2D eigenvalue weighted by molar-refractivity contribution is 4.56. The molecule has 0 aliphatic rings. The lowest BCUT2D eigenvalue weighted by atomic mass is 9.99. The van der Waals surface area contributed by atoms with Gasteiger partial charge in [-0.25, -0.2) is 0 Å². The summed E-state index contributed by atoms with van der Waals surface area (Å²) in [6.45, 7) is 6.26. The van der Waals surface area contributed by atoms with E-state index >= 15 is 0 Å². The van der Waals surface area contributed by atoms with Crippen molar-refractivity contribution in [1.82, 2.24) is 0 Å². The van der Waals surface area contributed by atoms with Gasteiger partial charge in [0.1, 0.15) is 0 Å². The molecule has 0 aliphatic carbocycles. The Morgan fingerprint density at radius 3 is 2.23 bits per heavy atom. The van der Waals surface area contributed by atoms with E-state index in [2.05, 4.69) is 13.8 Å². The fourth-order valence-electron chi connectivity index (χ4n) is 1.54. The fourth-order valence-corrected chi connectivity index (χ4v) is 1.54. The summed E-state index contributed by atoms with van der Waals surface area (Å²) in [7, 11) is 0. The van der Waals surface area contributed by atoms with Gasteiger partial charge in [-0.05, 0) is 25.2 Å². The number of hydrogen-bond donors (Lipinski definition) is 1. The van der Waals surface area contributed by atoms with Gasteiger partial charge < -0.3 is 9.84 Å². The zero-order valence-corrected chi connectivity index (χ0v) is 9.09. The van der Waals surface area contributed by atoms with Crippen LogP contribution in [0, 0.1) is 5.92 Å². The minimum Gasteiger partial charge on any atom is -0.396 e. The Kier molecular flexibility index (Phi) is 9.94. The number of aliphatic hydroxyl groups is 1. The average Bonchev–Trinajstić information content (AvgIpc) is 2.13. The normalized spacial score (nSPS) is 11.1. The third-order valence-electron chi connectivity index (χ3n) is 2.19. The van der Waals surface area contributed by atoms with E-state index in [0.29, 0.717) is 6.61 Å². The van der Waals surface area contributed by atoms with Crippen molar-refractivity contribution in [3.63, 3.8) is 0 Å². The molecule has 0 heterocycles. The van der Waals surface area contributed by atoms with E-state index < -0.39 is 0 Å². The van der Waals surface area contributed by atoms with Crippen molar-refractivity contribution in [2.45, 2.75) is 46.0 Å². The van der Waals surface area contributed by atoms with Gasteiger partial charge in [0.05, 0.1) is 0 Å². The number of ether oxygens (including phenoxy) is 1. The molecule has 2 nitrogen and oxygen atoms in total. The first-order chi connectivity index (χ1) is 6.35. The minimum atomic E-state index is 0.242. The Morgan fingerprint density at radius 2 is 1.77 bits per heavy atom. The molecule has 0 saturated heterocycles. The highest BCUT2D eigenvalue weighted by atomic mass is 16.5. The maximum Gasteiger partial charge on any atom is 0.0494 e. The summed E-state index contributed by atoms with van der Waals surface area (Å²) in [5.74, 6) is 0.730. The second-order valence-corrected chi connectivity index (χ2v) is 3.60. The number of hydrogen-bond acceptors (Lipinski definition) is 2. The Labute approximate surface area is 82.3 Å². The van der Waals surface area contributed by atoms with Gasteiger partial charge in [0.2, 0.25) is 0 Å². The molecule has 0 bridgehead atoms. The van der Waals surface area contributed by atoms with Crippen LogP contribution in [-0.4, -0.2) is 24.9 Å². The van der Waals surface area contributed by atoms with Crippen LogP contribution in [0.1, 0.15) is 46.0 Å². The van der Waals surface area contributed by atoms with E-state index in [0.717, 1.165) is 18.9 Å². The third-order valence-corrected chi connectivity index (χ3v) is 2.19. The molecule has 0 aromatic rings. The molecule has 0 rings (SSSR count). The molecule has 0 atom stereocenters. The van der Waals surface area contributed by atoms with E-state index in [4.69, 9.17) is 9.84 Å². The molecule has 80 valence electrons. The highest BCUT2D eigenvalue weighted by Gasteiger charge is 2.05. The van der Waals surface area contributed by atoms with Crippen LogP contribution in [0.5, 0.6) is 0 Å².